The van der Waals surface area contributed by atoms with Gasteiger partial charge in [0.15, 0.2) is 0 Å². The van der Waals surface area contributed by atoms with Gasteiger partial charge < -0.3 is 0 Å². The molecule has 6 nitrogen and oxygen atoms in total. The molecular weight excluding hydrogens is 1220 g/mol. The molecule has 0 spiro atoms. The number of pyridine rings is 2. The summed E-state index contributed by atoms with van der Waals surface area (Å²) in [6.07, 6.45) is 5.64. The van der Waals surface area contributed by atoms with E-state index in [2.05, 4.69) is 318 Å². The Morgan fingerprint density at radius 3 is 1.36 bits per heavy atom. The molecule has 0 amide bonds. The van der Waals surface area contributed by atoms with Crippen LogP contribution in [0, 0.1) is 10.7 Å². The molecule has 7 heteroatoms. The van der Waals surface area contributed by atoms with E-state index >= 15 is 0 Å². The Kier molecular flexibility index (Phi) is 13.3. The molecule has 0 saturated carbocycles. The smallest absolute Gasteiger partial charge is 0.264 e. The summed E-state index contributed by atoms with van der Waals surface area (Å²) in [6.45, 7) is 2.14. The van der Waals surface area contributed by atoms with E-state index in [1.54, 1.807) is 6.20 Å². The van der Waals surface area contributed by atoms with Crippen molar-refractivity contribution >= 4 is 32.8 Å². The Bertz CT molecular complexity index is 4790. The second-order valence-corrected chi connectivity index (χ2v) is 22.4. The second-order valence-electron chi connectivity index (χ2n) is 21.4. The van der Waals surface area contributed by atoms with Gasteiger partial charge in [0, 0.05) is 29.7 Å². The maximum absolute atomic E-state index is 6.96. The third-order valence-electron chi connectivity index (χ3n) is 16.1. The third-order valence-corrected chi connectivity index (χ3v) is 17.2. The first kappa shape index (κ1) is 51.4. The van der Waals surface area contributed by atoms with Crippen LogP contribution in [0.2, 0.25) is 0 Å². The van der Waals surface area contributed by atoms with Crippen LogP contribution in [0.5, 0.6) is 11.5 Å². The molecule has 85 heavy (non-hydrogen) atoms. The Balaban J connectivity index is 0.907. The molecule has 0 aliphatic carbocycles. The van der Waals surface area contributed by atoms with Gasteiger partial charge in [0.1, 0.15) is 0 Å². The van der Waals surface area contributed by atoms with Gasteiger partial charge in [-0.1, -0.05) is 18.2 Å². The average Bonchev–Trinajstić information content (AvgIpc) is 2.39. The minimum absolute atomic E-state index is 0.716. The fraction of sp³-hybridized carbons (Fsp3) is 0.0128. The van der Waals surface area contributed by atoms with E-state index in [1.807, 2.05) is 24.5 Å². The molecule has 0 aliphatic heterocycles. The summed E-state index contributed by atoms with van der Waals surface area (Å²) in [5.74, 6) is 2.27. The average molecular weight is 1270 g/mol. The summed E-state index contributed by atoms with van der Waals surface area (Å²) in [5.41, 5.74) is 23.1. The minimum atomic E-state index is 0.716. The third kappa shape index (κ3) is 9.63. The number of ether oxygens (including phenoxy) is 1. The van der Waals surface area contributed by atoms with Crippen molar-refractivity contribution in [2.24, 2.45) is 0 Å². The van der Waals surface area contributed by atoms with Crippen molar-refractivity contribution in [2.75, 3.05) is 0 Å². The van der Waals surface area contributed by atoms with Crippen LogP contribution in [-0.2, 0) is 19.4 Å². The summed E-state index contributed by atoms with van der Waals surface area (Å²) in [5, 5.41) is 2.27. The summed E-state index contributed by atoms with van der Waals surface area (Å²) in [6, 6.07) is 102. The molecule has 0 atom stereocenters. The Hall–Kier alpha value is -10.5. The van der Waals surface area contributed by atoms with Gasteiger partial charge in [0.25, 0.3) is 0 Å². The fourth-order valence-corrected chi connectivity index (χ4v) is 13.2. The van der Waals surface area contributed by atoms with E-state index < -0.39 is 0 Å². The van der Waals surface area contributed by atoms with E-state index in [1.165, 1.54) is 0 Å². The van der Waals surface area contributed by atoms with Gasteiger partial charge in [-0.3, -0.25) is 4.98 Å². The monoisotopic (exact) mass is 1270 g/mol. The van der Waals surface area contributed by atoms with Crippen molar-refractivity contribution in [3.63, 3.8) is 0 Å². The van der Waals surface area contributed by atoms with Crippen molar-refractivity contribution in [2.45, 2.75) is 6.92 Å². The van der Waals surface area contributed by atoms with Crippen LogP contribution >= 0.6 is 0 Å². The molecule has 0 unspecified atom stereocenters. The standard InChI is InChI=1S/C78H53N5O.Pt/c1-53-41-77(80-51-72(53)58-29-20-40-79-50-58)83-73-35-15-14-32-70(73)71-39-38-67(49-76(71)83)84-66-31-18-30-65(48-66)81-52-82(75-37-17-16-36-74(75)81)78-68(63-44-59(54-21-6-2-7-22-54)42-60(45-63)55-23-8-3-9-24-55)33-19-34-69(78)64-46-61(56-25-10-4-11-26-56)43-62(47-64)57-27-12-5-13-28-57;/h2-51H,1H3;. The zero-order chi connectivity index (χ0) is 56.8. The van der Waals surface area contributed by atoms with Crippen LogP contribution in [0.25, 0.3) is 128 Å². The Morgan fingerprint density at radius 2 is 0.812 bits per heavy atom. The van der Waals surface area contributed by atoms with Gasteiger partial charge in [0.05, 0.1) is 0 Å². The van der Waals surface area contributed by atoms with Gasteiger partial charge >= 0.3 is 436 Å². The van der Waals surface area contributed by atoms with E-state index in [-0.39, 0.29) is 0 Å². The predicted octanol–water partition coefficient (Wildman–Crippen LogP) is 20.2. The molecule has 0 fully saturated rings. The first-order valence-electron chi connectivity index (χ1n) is 28.5. The number of hydrogen-bond acceptors (Lipinski definition) is 3. The van der Waals surface area contributed by atoms with Crippen molar-refractivity contribution in [1.82, 2.24) is 23.7 Å². The molecule has 15 rings (SSSR count). The number of hydrogen-bond donors (Lipinski definition) is 0. The Labute approximate surface area is 503 Å². The molecule has 0 saturated heterocycles. The first-order valence-corrected chi connectivity index (χ1v) is 29.6. The van der Waals surface area contributed by atoms with Crippen molar-refractivity contribution in [1.29, 1.82) is 0 Å². The summed E-state index contributed by atoms with van der Waals surface area (Å²) >= 11 is 2.55. The molecule has 406 valence electrons. The van der Waals surface area contributed by atoms with Crippen molar-refractivity contribution < 1.29 is 24.1 Å². The van der Waals surface area contributed by atoms with Crippen LogP contribution < -0.4 is 4.74 Å². The molecule has 0 bridgehead atoms. The minimum Gasteiger partial charge on any atom is -0.264 e. The number of nitrogens with zero attached hydrogens (tertiary/aromatic N) is 5. The van der Waals surface area contributed by atoms with Crippen molar-refractivity contribution in [3.8, 4) is 107 Å². The first-order chi connectivity index (χ1) is 42.0. The number of fused-ring (bicyclic) bond motifs is 4. The predicted molar refractivity (Wildman–Crippen MR) is 345 cm³/mol. The number of imidazole rings is 1. The number of aryl methyl sites for hydroxylation is 1. The van der Waals surface area contributed by atoms with E-state index in [0.717, 1.165) is 143 Å². The molecular formula is C78H53N5OPt. The molecule has 4 heterocycles. The second kappa shape index (κ2) is 22.0. The fourth-order valence-electron chi connectivity index (χ4n) is 12.1. The number of rotatable bonds is 12. The molecule has 15 aromatic rings. The van der Waals surface area contributed by atoms with Gasteiger partial charge in [-0.05, 0) is 18.6 Å². The van der Waals surface area contributed by atoms with Gasteiger partial charge in [-0.15, -0.1) is 0 Å². The SMILES string of the molecule is Cc1cc(-n2c3ccccc3c3ccc(Oc4cccc(-n5[c](=[Pt])n(-c6c(-c7cc(-c8ccccc8)cc(-c8ccccc8)c7)cccc6-c6cc(-c7ccccc7)cc(-c7ccccc7)c6)c6ccccc65)c4)cc32)ncc1-c1cccnc1. The normalized spacial score (nSPS) is 11.4. The van der Waals surface area contributed by atoms with E-state index in [9.17, 15) is 0 Å². The summed E-state index contributed by atoms with van der Waals surface area (Å²) < 4.78 is 15.0. The molecule has 0 N–H and O–H groups in total. The molecule has 11 aromatic carbocycles. The number of aromatic nitrogens is 5. The van der Waals surface area contributed by atoms with Crippen LogP contribution in [0.3, 0.4) is 0 Å². The zero-order valence-corrected chi connectivity index (χ0v) is 48.6. The summed E-state index contributed by atoms with van der Waals surface area (Å²) in [7, 11) is 0. The van der Waals surface area contributed by atoms with Crippen LogP contribution in [0.1, 0.15) is 5.56 Å². The number of para-hydroxylation sites is 4. The Morgan fingerprint density at radius 1 is 0.329 bits per heavy atom. The molecule has 4 aromatic heterocycles. The van der Waals surface area contributed by atoms with Crippen LogP contribution in [-0.4, -0.2) is 23.7 Å². The van der Waals surface area contributed by atoms with Gasteiger partial charge in [-0.25, -0.2) is 0 Å². The zero-order valence-electron chi connectivity index (χ0n) is 46.3. The van der Waals surface area contributed by atoms with Gasteiger partial charge in [-0.2, -0.15) is 0 Å². The maximum atomic E-state index is 6.96. The van der Waals surface area contributed by atoms with E-state index in [4.69, 9.17) is 9.72 Å². The number of benzene rings is 11. The van der Waals surface area contributed by atoms with Crippen LogP contribution in [0.15, 0.2) is 304 Å². The van der Waals surface area contributed by atoms with Gasteiger partial charge in [0.2, 0.25) is 0 Å². The molecule has 0 radical (unpaired) electrons. The quantitative estimate of drug-likeness (QED) is 0.122. The van der Waals surface area contributed by atoms with Crippen LogP contribution in [0.4, 0.5) is 0 Å². The summed E-state index contributed by atoms with van der Waals surface area (Å²) in [4.78, 5) is 9.45. The van der Waals surface area contributed by atoms with E-state index in [0.29, 0.717) is 5.75 Å². The topological polar surface area (TPSA) is 49.8 Å². The molecule has 0 aliphatic rings. The van der Waals surface area contributed by atoms with Crippen molar-refractivity contribution in [3.05, 3.63) is 313 Å².